The molecular formula is C13H15NO2. The summed E-state index contributed by atoms with van der Waals surface area (Å²) in [7, 11) is 0. The second kappa shape index (κ2) is 4.49. The highest BCUT2D eigenvalue weighted by atomic mass is 16.4. The van der Waals surface area contributed by atoms with Gasteiger partial charge in [-0.15, -0.1) is 0 Å². The molecule has 3 nitrogen and oxygen atoms in total. The average molecular weight is 217 g/mol. The van der Waals surface area contributed by atoms with Crippen LogP contribution in [0.5, 0.6) is 0 Å². The van der Waals surface area contributed by atoms with Crippen LogP contribution >= 0.6 is 0 Å². The van der Waals surface area contributed by atoms with Crippen molar-refractivity contribution in [3.63, 3.8) is 0 Å². The summed E-state index contributed by atoms with van der Waals surface area (Å²) < 4.78 is 0. The molecule has 0 saturated heterocycles. The maximum Gasteiger partial charge on any atom is 0.320 e. The molecule has 0 spiro atoms. The number of fused-ring (bicyclic) bond motifs is 1. The van der Waals surface area contributed by atoms with Gasteiger partial charge >= 0.3 is 5.97 Å². The molecule has 1 aliphatic carbocycles. The van der Waals surface area contributed by atoms with Gasteiger partial charge in [0.1, 0.15) is 6.04 Å². The molecule has 0 unspecified atom stereocenters. The van der Waals surface area contributed by atoms with Crippen LogP contribution in [-0.2, 0) is 4.79 Å². The molecule has 3 heteroatoms. The molecular weight excluding hydrogens is 202 g/mol. The fourth-order valence-electron chi connectivity index (χ4n) is 1.98. The van der Waals surface area contributed by atoms with Crippen LogP contribution in [0.2, 0.25) is 0 Å². The van der Waals surface area contributed by atoms with Crippen molar-refractivity contribution in [3.05, 3.63) is 41.5 Å². The van der Waals surface area contributed by atoms with E-state index in [1.807, 2.05) is 43.3 Å². The van der Waals surface area contributed by atoms with Gasteiger partial charge < -0.3 is 5.11 Å². The van der Waals surface area contributed by atoms with Crippen molar-refractivity contribution in [1.29, 1.82) is 0 Å². The summed E-state index contributed by atoms with van der Waals surface area (Å²) in [5.74, 6) is -0.791. The van der Waals surface area contributed by atoms with Gasteiger partial charge in [-0.25, -0.2) is 0 Å². The van der Waals surface area contributed by atoms with Gasteiger partial charge in [-0.3, -0.25) is 10.1 Å². The molecule has 0 aromatic heterocycles. The molecule has 84 valence electrons. The van der Waals surface area contributed by atoms with E-state index in [1.165, 1.54) is 5.56 Å². The van der Waals surface area contributed by atoms with Crippen LogP contribution in [0.15, 0.2) is 30.3 Å². The van der Waals surface area contributed by atoms with Gasteiger partial charge in [-0.05, 0) is 17.5 Å². The van der Waals surface area contributed by atoms with Crippen LogP contribution in [0, 0.1) is 0 Å². The van der Waals surface area contributed by atoms with Crippen molar-refractivity contribution in [3.8, 4) is 0 Å². The Bertz CT molecular complexity index is 426. The fourth-order valence-corrected chi connectivity index (χ4v) is 1.98. The number of rotatable bonds is 4. The smallest absolute Gasteiger partial charge is 0.320 e. The maximum atomic E-state index is 10.9. The highest BCUT2D eigenvalue weighted by molar-refractivity contribution is 5.74. The topological polar surface area (TPSA) is 49.3 Å². The lowest BCUT2D eigenvalue weighted by molar-refractivity contribution is -0.139. The number of benzene rings is 1. The van der Waals surface area contributed by atoms with E-state index in [4.69, 9.17) is 5.11 Å². The van der Waals surface area contributed by atoms with E-state index >= 15 is 0 Å². The second-order valence-corrected chi connectivity index (χ2v) is 3.93. The van der Waals surface area contributed by atoms with Crippen molar-refractivity contribution in [2.75, 3.05) is 0 Å². The minimum atomic E-state index is -0.791. The third-order valence-electron chi connectivity index (χ3n) is 2.89. The second-order valence-electron chi connectivity index (χ2n) is 3.93. The van der Waals surface area contributed by atoms with Gasteiger partial charge in [0, 0.05) is 0 Å². The van der Waals surface area contributed by atoms with Gasteiger partial charge in [-0.2, -0.15) is 0 Å². The van der Waals surface area contributed by atoms with Crippen LogP contribution in [0.1, 0.15) is 30.5 Å². The lowest BCUT2D eigenvalue weighted by Gasteiger charge is -2.18. The molecule has 16 heavy (non-hydrogen) atoms. The first-order valence-corrected chi connectivity index (χ1v) is 5.48. The first-order chi connectivity index (χ1) is 7.72. The average Bonchev–Trinajstić information content (AvgIpc) is 2.69. The summed E-state index contributed by atoms with van der Waals surface area (Å²) >= 11 is 0. The Balaban J connectivity index is 2.14. The highest BCUT2D eigenvalue weighted by Crippen LogP contribution is 2.28. The van der Waals surface area contributed by atoms with E-state index in [0.29, 0.717) is 6.42 Å². The zero-order valence-corrected chi connectivity index (χ0v) is 9.18. The molecule has 0 heterocycles. The minimum Gasteiger partial charge on any atom is -0.480 e. The van der Waals surface area contributed by atoms with E-state index in [-0.39, 0.29) is 6.04 Å². The predicted octanol–water partition coefficient (Wildman–Crippen LogP) is 2.21. The first kappa shape index (κ1) is 10.9. The van der Waals surface area contributed by atoms with Crippen molar-refractivity contribution in [2.24, 2.45) is 0 Å². The van der Waals surface area contributed by atoms with Crippen LogP contribution in [0.3, 0.4) is 0 Å². The number of hydrogen-bond donors (Lipinski definition) is 2. The molecule has 0 bridgehead atoms. The minimum absolute atomic E-state index is 0.0252. The number of hydrogen-bond acceptors (Lipinski definition) is 2. The summed E-state index contributed by atoms with van der Waals surface area (Å²) in [5.41, 5.74) is 2.32. The molecule has 1 aliphatic rings. The Labute approximate surface area is 94.8 Å². The number of nitrogens with one attached hydrogen (secondary N) is 1. The van der Waals surface area contributed by atoms with Crippen LogP contribution in [0.25, 0.3) is 6.08 Å². The molecule has 0 amide bonds. The molecule has 0 radical (unpaired) electrons. The van der Waals surface area contributed by atoms with Crippen LogP contribution in [0.4, 0.5) is 0 Å². The van der Waals surface area contributed by atoms with Gasteiger partial charge in [0.25, 0.3) is 0 Å². The van der Waals surface area contributed by atoms with Crippen LogP contribution < -0.4 is 5.32 Å². The summed E-state index contributed by atoms with van der Waals surface area (Å²) in [6.45, 7) is 1.87. The zero-order valence-electron chi connectivity index (χ0n) is 9.18. The molecule has 2 N–H and O–H groups in total. The van der Waals surface area contributed by atoms with Gasteiger partial charge in [0.2, 0.25) is 0 Å². The van der Waals surface area contributed by atoms with E-state index in [9.17, 15) is 4.79 Å². The Kier molecular flexibility index (Phi) is 3.06. The molecule has 0 aliphatic heterocycles. The van der Waals surface area contributed by atoms with Crippen molar-refractivity contribution in [2.45, 2.75) is 25.4 Å². The molecule has 1 aromatic carbocycles. The SMILES string of the molecule is CC[C@H](N[C@@H]1C=Cc2ccccc21)C(=O)O. The number of aliphatic carboxylic acids is 1. The largest absolute Gasteiger partial charge is 0.480 e. The molecule has 2 rings (SSSR count). The lowest BCUT2D eigenvalue weighted by atomic mass is 10.1. The van der Waals surface area contributed by atoms with Gasteiger partial charge in [0.15, 0.2) is 0 Å². The van der Waals surface area contributed by atoms with Crippen molar-refractivity contribution in [1.82, 2.24) is 5.32 Å². The number of carboxylic acid groups (broad SMARTS) is 1. The molecule has 1 aromatic rings. The fraction of sp³-hybridized carbons (Fsp3) is 0.308. The Hall–Kier alpha value is -1.61. The monoisotopic (exact) mass is 217 g/mol. The lowest BCUT2D eigenvalue weighted by Crippen LogP contribution is -2.37. The van der Waals surface area contributed by atoms with E-state index in [0.717, 1.165) is 5.56 Å². The molecule has 0 fully saturated rings. The summed E-state index contributed by atoms with van der Waals surface area (Å²) in [5, 5.41) is 12.1. The Morgan fingerprint density at radius 2 is 2.25 bits per heavy atom. The molecule has 0 saturated carbocycles. The van der Waals surface area contributed by atoms with Gasteiger partial charge in [0.05, 0.1) is 6.04 Å². The number of carbonyl (C=O) groups is 1. The molecule has 2 atom stereocenters. The van der Waals surface area contributed by atoms with Gasteiger partial charge in [-0.1, -0.05) is 43.3 Å². The number of carboxylic acids is 1. The van der Waals surface area contributed by atoms with Crippen LogP contribution in [-0.4, -0.2) is 17.1 Å². The standard InChI is InChI=1S/C13H15NO2/c1-2-11(13(15)16)14-12-8-7-9-5-3-4-6-10(9)12/h3-8,11-12,14H,2H2,1H3,(H,15,16)/t11-,12+/m0/s1. The van der Waals surface area contributed by atoms with E-state index in [2.05, 4.69) is 5.32 Å². The quantitative estimate of drug-likeness (QED) is 0.813. The summed E-state index contributed by atoms with van der Waals surface area (Å²) in [6, 6.07) is 7.57. The zero-order chi connectivity index (χ0) is 11.5. The third-order valence-corrected chi connectivity index (χ3v) is 2.89. The Morgan fingerprint density at radius 3 is 2.94 bits per heavy atom. The summed E-state index contributed by atoms with van der Waals surface area (Å²) in [6.07, 6.45) is 4.62. The van der Waals surface area contributed by atoms with E-state index in [1.54, 1.807) is 0 Å². The first-order valence-electron chi connectivity index (χ1n) is 5.48. The van der Waals surface area contributed by atoms with Crippen molar-refractivity contribution >= 4 is 12.0 Å². The summed E-state index contributed by atoms with van der Waals surface area (Å²) in [4.78, 5) is 10.9. The highest BCUT2D eigenvalue weighted by Gasteiger charge is 2.22. The third kappa shape index (κ3) is 1.99. The van der Waals surface area contributed by atoms with E-state index < -0.39 is 12.0 Å². The normalized spacial score (nSPS) is 19.4. The maximum absolute atomic E-state index is 10.9. The Morgan fingerprint density at radius 1 is 1.50 bits per heavy atom. The predicted molar refractivity (Wildman–Crippen MR) is 63.1 cm³/mol. The van der Waals surface area contributed by atoms with Crippen molar-refractivity contribution < 1.29 is 9.90 Å².